The first-order valence-corrected chi connectivity index (χ1v) is 7.41. The number of methoxy groups -OCH3 is 1. The summed E-state index contributed by atoms with van der Waals surface area (Å²) in [5, 5.41) is 9.66. The highest BCUT2D eigenvalue weighted by Gasteiger charge is 2.15. The molecule has 4 heteroatoms. The first-order valence-electron chi connectivity index (χ1n) is 6.29. The van der Waals surface area contributed by atoms with Gasteiger partial charge in [0, 0.05) is 10.9 Å². The van der Waals surface area contributed by atoms with Crippen molar-refractivity contribution < 1.29 is 9.47 Å². The topological polar surface area (TPSA) is 42.2 Å². The van der Waals surface area contributed by atoms with Gasteiger partial charge in [-0.2, -0.15) is 5.26 Å². The Morgan fingerprint density at radius 3 is 2.68 bits per heavy atom. The van der Waals surface area contributed by atoms with Crippen LogP contribution < -0.4 is 9.47 Å². The normalized spacial score (nSPS) is 10.9. The quantitative estimate of drug-likeness (QED) is 0.554. The molecule has 0 amide bonds. The van der Waals surface area contributed by atoms with E-state index in [1.54, 1.807) is 7.11 Å². The Morgan fingerprint density at radius 1 is 1.37 bits per heavy atom. The summed E-state index contributed by atoms with van der Waals surface area (Å²) >= 11 is 3.45. The molecular weight excluding hydrogens is 306 g/mol. The lowest BCUT2D eigenvalue weighted by molar-refractivity contribution is 0.282. The first-order chi connectivity index (χ1) is 9.02. The number of halogens is 1. The molecule has 1 rings (SSSR count). The predicted octanol–water partition coefficient (Wildman–Crippen LogP) is 4.30. The summed E-state index contributed by atoms with van der Waals surface area (Å²) < 4.78 is 11.0. The van der Waals surface area contributed by atoms with Gasteiger partial charge < -0.3 is 9.47 Å². The Bertz CT molecular complexity index is 452. The van der Waals surface area contributed by atoms with Gasteiger partial charge in [0.1, 0.15) is 11.5 Å². The maximum atomic E-state index is 8.94. The van der Waals surface area contributed by atoms with Gasteiger partial charge in [-0.3, -0.25) is 0 Å². The highest BCUT2D eigenvalue weighted by molar-refractivity contribution is 9.08. The van der Waals surface area contributed by atoms with Crippen LogP contribution in [0, 0.1) is 16.7 Å². The van der Waals surface area contributed by atoms with Gasteiger partial charge in [0.05, 0.1) is 25.2 Å². The van der Waals surface area contributed by atoms with E-state index in [0.29, 0.717) is 6.61 Å². The Kier molecular flexibility index (Phi) is 6.17. The Labute approximate surface area is 123 Å². The molecule has 0 fully saturated rings. The van der Waals surface area contributed by atoms with Crippen LogP contribution in [0.4, 0.5) is 0 Å². The third-order valence-electron chi connectivity index (χ3n) is 2.92. The number of alkyl halides is 1. The van der Waals surface area contributed by atoms with E-state index in [1.807, 2.05) is 32.0 Å². The lowest BCUT2D eigenvalue weighted by Crippen LogP contribution is -2.10. The van der Waals surface area contributed by atoms with Crippen LogP contribution in [0.15, 0.2) is 18.2 Å². The Morgan fingerprint density at radius 2 is 2.11 bits per heavy atom. The van der Waals surface area contributed by atoms with Gasteiger partial charge in [-0.25, -0.2) is 0 Å². The van der Waals surface area contributed by atoms with Gasteiger partial charge in [0.25, 0.3) is 0 Å². The van der Waals surface area contributed by atoms with Crippen LogP contribution >= 0.6 is 15.9 Å². The number of benzene rings is 1. The third-order valence-corrected chi connectivity index (χ3v) is 3.52. The van der Waals surface area contributed by atoms with E-state index in [2.05, 4.69) is 22.0 Å². The fourth-order valence-corrected chi connectivity index (χ4v) is 2.12. The van der Waals surface area contributed by atoms with Crippen molar-refractivity contribution in [2.24, 2.45) is 5.41 Å². The molecule has 0 bridgehead atoms. The van der Waals surface area contributed by atoms with Gasteiger partial charge in [-0.1, -0.05) is 15.9 Å². The van der Waals surface area contributed by atoms with Gasteiger partial charge in [-0.05, 0) is 44.9 Å². The third kappa shape index (κ3) is 5.12. The summed E-state index contributed by atoms with van der Waals surface area (Å²) in [5.41, 5.74) is 0.792. The summed E-state index contributed by atoms with van der Waals surface area (Å²) in [4.78, 5) is 0. The SMILES string of the molecule is COc1ccc(OCCCC(C)(C)C#N)c(CBr)c1. The maximum Gasteiger partial charge on any atom is 0.123 e. The fraction of sp³-hybridized carbons (Fsp3) is 0.533. The molecule has 0 radical (unpaired) electrons. The van der Waals surface area contributed by atoms with E-state index in [9.17, 15) is 0 Å². The molecule has 1 aromatic rings. The van der Waals surface area contributed by atoms with E-state index in [1.165, 1.54) is 0 Å². The van der Waals surface area contributed by atoms with E-state index in [-0.39, 0.29) is 5.41 Å². The maximum absolute atomic E-state index is 8.94. The average Bonchev–Trinajstić information content (AvgIpc) is 2.43. The summed E-state index contributed by atoms with van der Waals surface area (Å²) in [6.45, 7) is 4.52. The highest BCUT2D eigenvalue weighted by Crippen LogP contribution is 2.27. The minimum atomic E-state index is -0.276. The minimum absolute atomic E-state index is 0.276. The smallest absolute Gasteiger partial charge is 0.123 e. The molecule has 1 aromatic carbocycles. The second kappa shape index (κ2) is 7.40. The van der Waals surface area contributed by atoms with E-state index in [4.69, 9.17) is 14.7 Å². The van der Waals surface area contributed by atoms with Gasteiger partial charge in [0.2, 0.25) is 0 Å². The number of nitriles is 1. The Balaban J connectivity index is 2.52. The lowest BCUT2D eigenvalue weighted by atomic mass is 9.90. The molecule has 0 spiro atoms. The van der Waals surface area contributed by atoms with Crippen LogP contribution in [-0.4, -0.2) is 13.7 Å². The highest BCUT2D eigenvalue weighted by atomic mass is 79.9. The van der Waals surface area contributed by atoms with Crippen molar-refractivity contribution in [3.8, 4) is 17.6 Å². The molecule has 0 aromatic heterocycles. The van der Waals surface area contributed by atoms with Crippen LogP contribution in [0.2, 0.25) is 0 Å². The van der Waals surface area contributed by atoms with Crippen molar-refractivity contribution in [3.05, 3.63) is 23.8 Å². The van der Waals surface area contributed by atoms with Gasteiger partial charge in [-0.15, -0.1) is 0 Å². The molecule has 0 N–H and O–H groups in total. The van der Waals surface area contributed by atoms with Crippen LogP contribution in [0.1, 0.15) is 32.3 Å². The number of ether oxygens (including phenoxy) is 2. The Hall–Kier alpha value is -1.21. The van der Waals surface area contributed by atoms with Crippen molar-refractivity contribution in [1.29, 1.82) is 5.26 Å². The lowest BCUT2D eigenvalue weighted by Gasteiger charge is -2.16. The number of hydrogen-bond acceptors (Lipinski definition) is 3. The first kappa shape index (κ1) is 15.8. The van der Waals surface area contributed by atoms with Crippen LogP contribution in [-0.2, 0) is 5.33 Å². The molecule has 0 saturated carbocycles. The number of rotatable bonds is 7. The van der Waals surface area contributed by atoms with Crippen molar-refractivity contribution in [1.82, 2.24) is 0 Å². The van der Waals surface area contributed by atoms with Crippen molar-refractivity contribution >= 4 is 15.9 Å². The second-order valence-corrected chi connectivity index (χ2v) is 5.62. The number of hydrogen-bond donors (Lipinski definition) is 0. The van der Waals surface area contributed by atoms with Gasteiger partial charge >= 0.3 is 0 Å². The number of nitrogens with zero attached hydrogens (tertiary/aromatic N) is 1. The molecule has 0 unspecified atom stereocenters. The van der Waals surface area contributed by atoms with E-state index >= 15 is 0 Å². The summed E-state index contributed by atoms with van der Waals surface area (Å²) in [6.07, 6.45) is 1.71. The monoisotopic (exact) mass is 325 g/mol. The molecule has 0 atom stereocenters. The molecule has 0 aliphatic carbocycles. The van der Waals surface area contributed by atoms with Gasteiger partial charge in [0.15, 0.2) is 0 Å². The molecular formula is C15H20BrNO2. The van der Waals surface area contributed by atoms with Crippen LogP contribution in [0.25, 0.3) is 0 Å². The summed E-state index contributed by atoms with van der Waals surface area (Å²) in [6, 6.07) is 8.07. The second-order valence-electron chi connectivity index (χ2n) is 5.05. The fourth-order valence-electron chi connectivity index (χ4n) is 1.68. The standard InChI is InChI=1S/C15H20BrNO2/c1-15(2,11-17)7-4-8-19-14-6-5-13(18-3)9-12(14)10-16/h5-6,9H,4,7-8,10H2,1-3H3. The molecule has 3 nitrogen and oxygen atoms in total. The summed E-state index contributed by atoms with van der Waals surface area (Å²) in [7, 11) is 1.65. The summed E-state index contributed by atoms with van der Waals surface area (Å²) in [5.74, 6) is 1.69. The average molecular weight is 326 g/mol. The molecule has 0 heterocycles. The molecule has 0 aliphatic rings. The van der Waals surface area contributed by atoms with Crippen molar-refractivity contribution in [3.63, 3.8) is 0 Å². The molecule has 0 aliphatic heterocycles. The molecule has 19 heavy (non-hydrogen) atoms. The minimum Gasteiger partial charge on any atom is -0.497 e. The molecule has 0 saturated heterocycles. The zero-order chi connectivity index (χ0) is 14.3. The predicted molar refractivity (Wildman–Crippen MR) is 79.7 cm³/mol. The largest absolute Gasteiger partial charge is 0.497 e. The van der Waals surface area contributed by atoms with E-state index < -0.39 is 0 Å². The molecule has 104 valence electrons. The van der Waals surface area contributed by atoms with Crippen LogP contribution in [0.5, 0.6) is 11.5 Å². The zero-order valence-electron chi connectivity index (χ0n) is 11.7. The van der Waals surface area contributed by atoms with Crippen molar-refractivity contribution in [2.75, 3.05) is 13.7 Å². The van der Waals surface area contributed by atoms with Crippen molar-refractivity contribution in [2.45, 2.75) is 32.0 Å². The zero-order valence-corrected chi connectivity index (χ0v) is 13.3. The van der Waals surface area contributed by atoms with Crippen LogP contribution in [0.3, 0.4) is 0 Å². The van der Waals surface area contributed by atoms with E-state index in [0.717, 1.165) is 35.2 Å².